The van der Waals surface area contributed by atoms with Crippen molar-refractivity contribution < 1.29 is 32.2 Å². The second-order valence-electron chi connectivity index (χ2n) is 6.67. The number of rotatable bonds is 4. The lowest BCUT2D eigenvalue weighted by molar-refractivity contribution is -0.153. The maximum atomic E-state index is 12.5. The van der Waals surface area contributed by atoms with E-state index in [2.05, 4.69) is 5.32 Å². The van der Waals surface area contributed by atoms with Crippen LogP contribution in [-0.2, 0) is 4.74 Å². The molecule has 0 bridgehead atoms. The summed E-state index contributed by atoms with van der Waals surface area (Å²) in [7, 11) is 1.33. The molecule has 2 heterocycles. The first-order valence-corrected chi connectivity index (χ1v) is 8.32. The Morgan fingerprint density at radius 1 is 1.35 bits per heavy atom. The van der Waals surface area contributed by atoms with Crippen LogP contribution in [0.3, 0.4) is 0 Å². The van der Waals surface area contributed by atoms with E-state index in [0.717, 1.165) is 12.8 Å². The van der Waals surface area contributed by atoms with Crippen LogP contribution in [0, 0.1) is 5.41 Å². The van der Waals surface area contributed by atoms with Gasteiger partial charge in [0.25, 0.3) is 0 Å². The fraction of sp³-hybridized carbons (Fsp3) is 0.588. The second kappa shape index (κ2) is 7.22. The number of methoxy groups -OCH3 is 1. The Hall–Kier alpha value is -2.16. The predicted molar refractivity (Wildman–Crippen MR) is 87.6 cm³/mol. The fourth-order valence-electron chi connectivity index (χ4n) is 3.31. The van der Waals surface area contributed by atoms with Crippen LogP contribution in [0.1, 0.15) is 12.8 Å². The molecule has 1 spiro atoms. The smallest absolute Gasteiger partial charge is 0.422 e. The van der Waals surface area contributed by atoms with E-state index < -0.39 is 12.8 Å². The van der Waals surface area contributed by atoms with Gasteiger partial charge in [0, 0.05) is 36.9 Å². The van der Waals surface area contributed by atoms with Gasteiger partial charge in [0.2, 0.25) is 0 Å². The molecule has 3 rings (SSSR count). The van der Waals surface area contributed by atoms with Crippen LogP contribution in [0.15, 0.2) is 18.2 Å². The Balaban J connectivity index is 1.64. The molecule has 144 valence electrons. The molecule has 2 aliphatic heterocycles. The zero-order valence-electron chi connectivity index (χ0n) is 14.4. The van der Waals surface area contributed by atoms with Crippen LogP contribution in [0.4, 0.5) is 23.7 Å². The Morgan fingerprint density at radius 3 is 2.81 bits per heavy atom. The van der Waals surface area contributed by atoms with Gasteiger partial charge in [-0.05, 0) is 25.0 Å². The summed E-state index contributed by atoms with van der Waals surface area (Å²) in [5.41, 5.74) is 0.384. The topological polar surface area (TPSA) is 60.0 Å². The first kappa shape index (κ1) is 18.6. The maximum absolute atomic E-state index is 12.5. The summed E-state index contributed by atoms with van der Waals surface area (Å²) in [5, 5.41) is 2.71. The number of carbonyl (C=O) groups is 1. The Bertz CT molecular complexity index is 660. The molecule has 9 heteroatoms. The Morgan fingerprint density at radius 2 is 2.15 bits per heavy atom. The van der Waals surface area contributed by atoms with Gasteiger partial charge in [-0.2, -0.15) is 13.2 Å². The summed E-state index contributed by atoms with van der Waals surface area (Å²) < 4.78 is 52.4. The van der Waals surface area contributed by atoms with Gasteiger partial charge < -0.3 is 24.4 Å². The lowest BCUT2D eigenvalue weighted by Gasteiger charge is -2.22. The first-order valence-electron chi connectivity index (χ1n) is 8.32. The van der Waals surface area contributed by atoms with Gasteiger partial charge in [0.15, 0.2) is 18.1 Å². The molecule has 0 unspecified atom stereocenters. The summed E-state index contributed by atoms with van der Waals surface area (Å²) in [6, 6.07) is 4.05. The highest BCUT2D eigenvalue weighted by Crippen LogP contribution is 2.38. The van der Waals surface area contributed by atoms with Crippen molar-refractivity contribution in [2.24, 2.45) is 5.41 Å². The van der Waals surface area contributed by atoms with Gasteiger partial charge in [0.1, 0.15) is 0 Å². The highest BCUT2D eigenvalue weighted by molar-refractivity contribution is 5.90. The third-order valence-corrected chi connectivity index (χ3v) is 4.72. The number of ether oxygens (including phenoxy) is 3. The molecule has 1 N–H and O–H groups in total. The van der Waals surface area contributed by atoms with Crippen molar-refractivity contribution in [2.75, 3.05) is 45.3 Å². The van der Waals surface area contributed by atoms with Crippen LogP contribution >= 0.6 is 0 Å². The molecule has 1 atom stereocenters. The molecular formula is C17H21F3N2O4. The minimum Gasteiger partial charge on any atom is -0.493 e. The molecule has 0 aromatic heterocycles. The number of likely N-dealkylation sites (tertiary alicyclic amines) is 1. The van der Waals surface area contributed by atoms with Gasteiger partial charge >= 0.3 is 12.2 Å². The number of benzene rings is 1. The minimum atomic E-state index is -4.46. The largest absolute Gasteiger partial charge is 0.493 e. The number of nitrogens with one attached hydrogen (secondary N) is 1. The summed E-state index contributed by atoms with van der Waals surface area (Å²) in [5.74, 6) is 0.0835. The lowest BCUT2D eigenvalue weighted by atomic mass is 9.87. The van der Waals surface area contributed by atoms with Crippen LogP contribution in [0.25, 0.3) is 0 Å². The van der Waals surface area contributed by atoms with E-state index in [1.54, 1.807) is 11.0 Å². The number of alkyl halides is 3. The summed E-state index contributed by atoms with van der Waals surface area (Å²) in [4.78, 5) is 14.2. The van der Waals surface area contributed by atoms with Crippen molar-refractivity contribution in [1.82, 2.24) is 4.90 Å². The molecule has 1 aromatic carbocycles. The average Bonchev–Trinajstić information content (AvgIpc) is 3.23. The SMILES string of the molecule is COc1ccc(NC(=O)N2CC[C@]3(CCOC3)C2)cc1OCC(F)(F)F. The molecule has 1 aromatic rings. The van der Waals surface area contributed by atoms with Gasteiger partial charge in [-0.3, -0.25) is 0 Å². The third-order valence-electron chi connectivity index (χ3n) is 4.72. The van der Waals surface area contributed by atoms with Crippen LogP contribution < -0.4 is 14.8 Å². The summed E-state index contributed by atoms with van der Waals surface area (Å²) in [6.07, 6.45) is -2.63. The number of nitrogens with zero attached hydrogens (tertiary/aromatic N) is 1. The summed E-state index contributed by atoms with van der Waals surface area (Å²) >= 11 is 0. The van der Waals surface area contributed by atoms with Gasteiger partial charge in [-0.1, -0.05) is 0 Å². The molecule has 0 radical (unpaired) electrons. The maximum Gasteiger partial charge on any atom is 0.422 e. The molecule has 2 amide bonds. The van der Waals surface area contributed by atoms with Crippen molar-refractivity contribution in [3.8, 4) is 11.5 Å². The fourth-order valence-corrected chi connectivity index (χ4v) is 3.31. The molecule has 2 fully saturated rings. The van der Waals surface area contributed by atoms with Gasteiger partial charge in [-0.25, -0.2) is 4.79 Å². The van der Waals surface area contributed by atoms with Crippen molar-refractivity contribution in [1.29, 1.82) is 0 Å². The van der Waals surface area contributed by atoms with Crippen LogP contribution in [0.5, 0.6) is 11.5 Å². The van der Waals surface area contributed by atoms with Crippen molar-refractivity contribution in [2.45, 2.75) is 19.0 Å². The van der Waals surface area contributed by atoms with Crippen LogP contribution in [0.2, 0.25) is 0 Å². The van der Waals surface area contributed by atoms with E-state index >= 15 is 0 Å². The number of urea groups is 1. The number of anilines is 1. The average molecular weight is 374 g/mol. The zero-order valence-corrected chi connectivity index (χ0v) is 14.4. The molecule has 0 aliphatic carbocycles. The quantitative estimate of drug-likeness (QED) is 0.879. The van der Waals surface area contributed by atoms with E-state index in [-0.39, 0.29) is 22.9 Å². The monoisotopic (exact) mass is 374 g/mol. The number of hydrogen-bond acceptors (Lipinski definition) is 4. The minimum absolute atomic E-state index is 0.0399. The molecule has 2 aliphatic rings. The second-order valence-corrected chi connectivity index (χ2v) is 6.67. The molecule has 6 nitrogen and oxygen atoms in total. The third kappa shape index (κ3) is 4.32. The number of amides is 2. The van der Waals surface area contributed by atoms with Crippen molar-refractivity contribution in [3.05, 3.63) is 18.2 Å². The number of hydrogen-bond donors (Lipinski definition) is 1. The Kier molecular flexibility index (Phi) is 5.17. The standard InChI is InChI=1S/C17H21F3N2O4/c1-24-13-3-2-12(8-14(13)26-11-17(18,19)20)21-15(23)22-6-4-16(9-22)5-7-25-10-16/h2-3,8H,4-7,9-11H2,1H3,(H,21,23)/t16-/m0/s1. The lowest BCUT2D eigenvalue weighted by Crippen LogP contribution is -2.35. The van der Waals surface area contributed by atoms with E-state index in [0.29, 0.717) is 32.0 Å². The molecule has 26 heavy (non-hydrogen) atoms. The van der Waals surface area contributed by atoms with Crippen molar-refractivity contribution >= 4 is 11.7 Å². The molecular weight excluding hydrogens is 353 g/mol. The highest BCUT2D eigenvalue weighted by atomic mass is 19.4. The van der Waals surface area contributed by atoms with E-state index in [1.807, 2.05) is 0 Å². The zero-order chi connectivity index (χ0) is 18.8. The Labute approximate surface area is 149 Å². The van der Waals surface area contributed by atoms with Gasteiger partial charge in [0.05, 0.1) is 13.7 Å². The number of halogens is 3. The first-order chi connectivity index (χ1) is 12.3. The summed E-state index contributed by atoms with van der Waals surface area (Å²) in [6.45, 7) is 1.19. The van der Waals surface area contributed by atoms with E-state index in [4.69, 9.17) is 14.2 Å². The normalized spacial score (nSPS) is 22.7. The van der Waals surface area contributed by atoms with Crippen LogP contribution in [-0.4, -0.2) is 57.1 Å². The highest BCUT2D eigenvalue weighted by Gasteiger charge is 2.42. The van der Waals surface area contributed by atoms with Gasteiger partial charge in [-0.15, -0.1) is 0 Å². The van der Waals surface area contributed by atoms with E-state index in [9.17, 15) is 18.0 Å². The molecule has 2 saturated heterocycles. The predicted octanol–water partition coefficient (Wildman–Crippen LogP) is 3.28. The number of carbonyl (C=O) groups excluding carboxylic acids is 1. The van der Waals surface area contributed by atoms with E-state index in [1.165, 1.54) is 19.2 Å². The molecule has 0 saturated carbocycles. The van der Waals surface area contributed by atoms with Crippen molar-refractivity contribution in [3.63, 3.8) is 0 Å².